The molecule has 2 N–H and O–H groups in total. The SMILES string of the molecule is O=C(N[C@H]1CC[C@@H]1O)c1cc(Cc2ccc(-n3cccn3)cc2)cc2c1OCO2. The lowest BCUT2D eigenvalue weighted by Crippen LogP contribution is -2.50. The van der Waals surface area contributed by atoms with Gasteiger partial charge in [-0.3, -0.25) is 4.79 Å². The number of hydrogen-bond acceptors (Lipinski definition) is 5. The number of fused-ring (bicyclic) bond motifs is 1. The van der Waals surface area contributed by atoms with Gasteiger partial charge in [0.25, 0.3) is 5.91 Å². The van der Waals surface area contributed by atoms with Crippen LogP contribution in [0.1, 0.15) is 34.3 Å². The van der Waals surface area contributed by atoms with Gasteiger partial charge in [0.05, 0.1) is 23.4 Å². The second kappa shape index (κ2) is 7.25. The molecule has 5 rings (SSSR count). The normalized spacial score (nSPS) is 19.6. The van der Waals surface area contributed by atoms with E-state index in [1.807, 2.05) is 53.3 Å². The first-order valence-corrected chi connectivity index (χ1v) is 9.68. The number of carbonyl (C=O) groups is 1. The highest BCUT2D eigenvalue weighted by molar-refractivity contribution is 5.98. The highest BCUT2D eigenvalue weighted by atomic mass is 16.7. The Hall–Kier alpha value is -3.32. The lowest BCUT2D eigenvalue weighted by molar-refractivity contribution is 0.0446. The van der Waals surface area contributed by atoms with Crippen LogP contribution in [0, 0.1) is 0 Å². The molecular formula is C22H21N3O4. The van der Waals surface area contributed by atoms with E-state index in [-0.39, 0.29) is 18.7 Å². The van der Waals surface area contributed by atoms with Gasteiger partial charge in [0.15, 0.2) is 11.5 Å². The number of rotatable bonds is 5. The molecular weight excluding hydrogens is 370 g/mol. The quantitative estimate of drug-likeness (QED) is 0.698. The predicted molar refractivity (Wildman–Crippen MR) is 105 cm³/mol. The molecule has 1 amide bonds. The summed E-state index contributed by atoms with van der Waals surface area (Å²) in [7, 11) is 0. The second-order valence-electron chi connectivity index (χ2n) is 7.40. The van der Waals surface area contributed by atoms with E-state index in [1.165, 1.54) is 0 Å². The minimum atomic E-state index is -0.472. The van der Waals surface area contributed by atoms with Crippen LogP contribution in [0.3, 0.4) is 0 Å². The molecule has 0 unspecified atom stereocenters. The number of hydrogen-bond donors (Lipinski definition) is 2. The van der Waals surface area contributed by atoms with Crippen molar-refractivity contribution in [3.63, 3.8) is 0 Å². The Balaban J connectivity index is 1.38. The number of amides is 1. The van der Waals surface area contributed by atoms with Crippen molar-refractivity contribution in [2.24, 2.45) is 0 Å². The maximum absolute atomic E-state index is 12.8. The van der Waals surface area contributed by atoms with E-state index in [0.29, 0.717) is 23.5 Å². The van der Waals surface area contributed by atoms with Crippen LogP contribution < -0.4 is 14.8 Å². The van der Waals surface area contributed by atoms with Gasteiger partial charge in [-0.05, 0) is 60.7 Å². The highest BCUT2D eigenvalue weighted by Crippen LogP contribution is 2.38. The summed E-state index contributed by atoms with van der Waals surface area (Å²) in [6, 6.07) is 13.6. The Morgan fingerprint density at radius 1 is 1.17 bits per heavy atom. The number of aliphatic hydroxyl groups excluding tert-OH is 1. The Bertz CT molecular complexity index is 1030. The average Bonchev–Trinajstić information content (AvgIpc) is 3.42. The zero-order valence-corrected chi connectivity index (χ0v) is 15.7. The second-order valence-corrected chi connectivity index (χ2v) is 7.40. The molecule has 1 aromatic heterocycles. The minimum absolute atomic E-state index is 0.101. The fourth-order valence-corrected chi connectivity index (χ4v) is 3.66. The largest absolute Gasteiger partial charge is 0.454 e. The smallest absolute Gasteiger partial charge is 0.255 e. The fourth-order valence-electron chi connectivity index (χ4n) is 3.66. The first-order chi connectivity index (χ1) is 14.2. The number of carbonyl (C=O) groups excluding carboxylic acids is 1. The molecule has 0 bridgehead atoms. The van der Waals surface area contributed by atoms with Gasteiger partial charge in [-0.1, -0.05) is 12.1 Å². The summed E-state index contributed by atoms with van der Waals surface area (Å²) in [6.07, 6.45) is 5.33. The maximum atomic E-state index is 12.8. The molecule has 0 saturated heterocycles. The lowest BCUT2D eigenvalue weighted by atomic mass is 9.89. The van der Waals surface area contributed by atoms with Crippen LogP contribution in [0.2, 0.25) is 0 Å². The van der Waals surface area contributed by atoms with Gasteiger partial charge in [0.2, 0.25) is 6.79 Å². The Morgan fingerprint density at radius 2 is 2.03 bits per heavy atom. The lowest BCUT2D eigenvalue weighted by Gasteiger charge is -2.33. The van der Waals surface area contributed by atoms with Gasteiger partial charge in [0, 0.05) is 12.4 Å². The third-order valence-electron chi connectivity index (χ3n) is 5.44. The van der Waals surface area contributed by atoms with Gasteiger partial charge >= 0.3 is 0 Å². The molecule has 7 nitrogen and oxygen atoms in total. The Labute approximate surface area is 167 Å². The van der Waals surface area contributed by atoms with Crippen molar-refractivity contribution < 1.29 is 19.4 Å². The van der Waals surface area contributed by atoms with Crippen molar-refractivity contribution in [3.8, 4) is 17.2 Å². The summed E-state index contributed by atoms with van der Waals surface area (Å²) < 4.78 is 12.9. The van der Waals surface area contributed by atoms with E-state index in [1.54, 1.807) is 6.20 Å². The summed E-state index contributed by atoms with van der Waals surface area (Å²) in [5.74, 6) is 0.801. The van der Waals surface area contributed by atoms with E-state index in [4.69, 9.17) is 9.47 Å². The highest BCUT2D eigenvalue weighted by Gasteiger charge is 2.32. The van der Waals surface area contributed by atoms with Crippen molar-refractivity contribution in [1.82, 2.24) is 15.1 Å². The standard InChI is InChI=1S/C22H21N3O4/c26-19-7-6-18(19)24-22(27)17-11-15(12-20-21(17)29-13-28-20)10-14-2-4-16(5-3-14)25-9-1-8-23-25/h1-5,8-9,11-12,18-19,26H,6-7,10,13H2,(H,24,27)/t18-,19-/m0/s1. The first-order valence-electron chi connectivity index (χ1n) is 9.68. The number of nitrogens with one attached hydrogen (secondary N) is 1. The van der Waals surface area contributed by atoms with E-state index < -0.39 is 6.10 Å². The van der Waals surface area contributed by atoms with E-state index in [9.17, 15) is 9.90 Å². The van der Waals surface area contributed by atoms with E-state index >= 15 is 0 Å². The van der Waals surface area contributed by atoms with Gasteiger partial charge in [-0.15, -0.1) is 0 Å². The van der Waals surface area contributed by atoms with Crippen LogP contribution in [-0.2, 0) is 6.42 Å². The molecule has 2 atom stereocenters. The molecule has 148 valence electrons. The van der Waals surface area contributed by atoms with Crippen LogP contribution in [-0.4, -0.2) is 39.7 Å². The Morgan fingerprint density at radius 3 is 2.72 bits per heavy atom. The number of nitrogens with zero attached hydrogens (tertiary/aromatic N) is 2. The Kier molecular flexibility index (Phi) is 4.44. The molecule has 1 saturated carbocycles. The summed E-state index contributed by atoms with van der Waals surface area (Å²) in [4.78, 5) is 12.8. The monoisotopic (exact) mass is 391 g/mol. The molecule has 1 aliphatic carbocycles. The number of aromatic nitrogens is 2. The minimum Gasteiger partial charge on any atom is -0.454 e. The van der Waals surface area contributed by atoms with Crippen molar-refractivity contribution >= 4 is 5.91 Å². The summed E-state index contributed by atoms with van der Waals surface area (Å²) in [5.41, 5.74) is 3.51. The number of benzene rings is 2. The molecule has 0 radical (unpaired) electrons. The number of ether oxygens (including phenoxy) is 2. The van der Waals surface area contributed by atoms with Gasteiger partial charge < -0.3 is 19.9 Å². The van der Waals surface area contributed by atoms with Crippen LogP contribution in [0.4, 0.5) is 0 Å². The molecule has 1 aliphatic heterocycles. The molecule has 7 heteroatoms. The van der Waals surface area contributed by atoms with Crippen LogP contribution >= 0.6 is 0 Å². The van der Waals surface area contributed by atoms with Gasteiger partial charge in [-0.2, -0.15) is 5.10 Å². The van der Waals surface area contributed by atoms with Crippen LogP contribution in [0.15, 0.2) is 54.9 Å². The maximum Gasteiger partial charge on any atom is 0.255 e. The molecule has 3 aromatic rings. The number of aliphatic hydroxyl groups is 1. The van der Waals surface area contributed by atoms with E-state index in [2.05, 4.69) is 10.4 Å². The summed E-state index contributed by atoms with van der Waals surface area (Å²) in [5, 5.41) is 16.9. The van der Waals surface area contributed by atoms with Crippen LogP contribution in [0.5, 0.6) is 11.5 Å². The molecule has 2 aromatic carbocycles. The van der Waals surface area contributed by atoms with Crippen molar-refractivity contribution in [1.29, 1.82) is 0 Å². The molecule has 2 aliphatic rings. The zero-order valence-electron chi connectivity index (χ0n) is 15.7. The third kappa shape index (κ3) is 3.45. The average molecular weight is 391 g/mol. The van der Waals surface area contributed by atoms with Crippen molar-refractivity contribution in [3.05, 3.63) is 71.5 Å². The van der Waals surface area contributed by atoms with Crippen molar-refractivity contribution in [2.45, 2.75) is 31.4 Å². The topological polar surface area (TPSA) is 85.6 Å². The zero-order chi connectivity index (χ0) is 19.8. The predicted octanol–water partition coefficient (Wildman–Crippen LogP) is 2.44. The molecule has 2 heterocycles. The van der Waals surface area contributed by atoms with Gasteiger partial charge in [-0.25, -0.2) is 4.68 Å². The van der Waals surface area contributed by atoms with Crippen LogP contribution in [0.25, 0.3) is 5.69 Å². The van der Waals surface area contributed by atoms with E-state index in [0.717, 1.165) is 29.7 Å². The summed E-state index contributed by atoms with van der Waals surface area (Å²) >= 11 is 0. The molecule has 29 heavy (non-hydrogen) atoms. The van der Waals surface area contributed by atoms with Gasteiger partial charge in [0.1, 0.15) is 0 Å². The fraction of sp³-hybridized carbons (Fsp3) is 0.273. The van der Waals surface area contributed by atoms with Crippen molar-refractivity contribution in [2.75, 3.05) is 6.79 Å². The molecule has 1 fully saturated rings. The molecule has 0 spiro atoms. The summed E-state index contributed by atoms with van der Waals surface area (Å²) in [6.45, 7) is 0.101. The first kappa shape index (κ1) is 17.8. The third-order valence-corrected chi connectivity index (χ3v) is 5.44.